The minimum absolute atomic E-state index is 0.668. The summed E-state index contributed by atoms with van der Waals surface area (Å²) in [5.41, 5.74) is 5.41. The second-order valence-electron chi connectivity index (χ2n) is 9.02. The number of aromatic nitrogens is 1. The van der Waals surface area contributed by atoms with E-state index in [0.717, 1.165) is 6.42 Å². The molecule has 1 aliphatic rings. The van der Waals surface area contributed by atoms with E-state index in [2.05, 4.69) is 82.7 Å². The molecule has 2 aromatic carbocycles. The van der Waals surface area contributed by atoms with Crippen LogP contribution in [0, 0.1) is 5.92 Å². The molecule has 0 aliphatic carbocycles. The van der Waals surface area contributed by atoms with Gasteiger partial charge in [0.15, 0.2) is 0 Å². The monoisotopic (exact) mass is 424 g/mol. The average Bonchev–Trinajstić information content (AvgIpc) is 2.87. The van der Waals surface area contributed by atoms with Crippen LogP contribution in [0.25, 0.3) is 5.57 Å². The van der Waals surface area contributed by atoms with Gasteiger partial charge >= 0.3 is 0 Å². The van der Waals surface area contributed by atoms with Crippen LogP contribution >= 0.6 is 0 Å². The van der Waals surface area contributed by atoms with E-state index in [0.29, 0.717) is 5.92 Å². The lowest BCUT2D eigenvalue weighted by Crippen LogP contribution is -2.34. The highest BCUT2D eigenvalue weighted by atomic mass is 15.1. The molecule has 0 spiro atoms. The molecule has 1 fully saturated rings. The number of allylic oxidation sites excluding steroid dienone is 1. The Morgan fingerprint density at radius 2 is 1.44 bits per heavy atom. The molecule has 2 heterocycles. The maximum Gasteiger partial charge on any atom is 0.0299 e. The van der Waals surface area contributed by atoms with Crippen LogP contribution in [-0.4, -0.2) is 29.5 Å². The molecule has 1 aromatic heterocycles. The van der Waals surface area contributed by atoms with Gasteiger partial charge in [-0.05, 0) is 86.0 Å². The summed E-state index contributed by atoms with van der Waals surface area (Å²) in [4.78, 5) is 6.89. The van der Waals surface area contributed by atoms with Gasteiger partial charge in [-0.1, -0.05) is 85.6 Å². The molecule has 0 radical (unpaired) electrons. The van der Waals surface area contributed by atoms with E-state index >= 15 is 0 Å². The van der Waals surface area contributed by atoms with Crippen molar-refractivity contribution in [3.05, 3.63) is 108 Å². The maximum atomic E-state index is 4.21. The molecule has 0 unspecified atom stereocenters. The number of rotatable bonds is 10. The van der Waals surface area contributed by atoms with E-state index in [4.69, 9.17) is 0 Å². The van der Waals surface area contributed by atoms with E-state index in [1.165, 1.54) is 80.4 Å². The molecule has 1 saturated heterocycles. The zero-order valence-corrected chi connectivity index (χ0v) is 19.2. The first-order chi connectivity index (χ1) is 15.9. The van der Waals surface area contributed by atoms with E-state index < -0.39 is 0 Å². The molecular weight excluding hydrogens is 388 g/mol. The Bertz CT molecular complexity index is 885. The summed E-state index contributed by atoms with van der Waals surface area (Å²) in [6.45, 7) is 3.72. The number of pyridine rings is 1. The van der Waals surface area contributed by atoms with Gasteiger partial charge in [0.25, 0.3) is 0 Å². The van der Waals surface area contributed by atoms with Crippen molar-refractivity contribution in [2.24, 2.45) is 5.92 Å². The summed E-state index contributed by atoms with van der Waals surface area (Å²) < 4.78 is 0. The summed E-state index contributed by atoms with van der Waals surface area (Å²) in [5.74, 6) is 0.668. The molecule has 32 heavy (non-hydrogen) atoms. The highest BCUT2D eigenvalue weighted by Gasteiger charge is 2.18. The first-order valence-electron chi connectivity index (χ1n) is 12.3. The van der Waals surface area contributed by atoms with Gasteiger partial charge in [-0.3, -0.25) is 4.98 Å². The zero-order valence-electron chi connectivity index (χ0n) is 19.2. The molecule has 166 valence electrons. The van der Waals surface area contributed by atoms with Crippen molar-refractivity contribution < 1.29 is 0 Å². The van der Waals surface area contributed by atoms with Crippen molar-refractivity contribution in [3.8, 4) is 0 Å². The second kappa shape index (κ2) is 12.4. The van der Waals surface area contributed by atoms with Crippen LogP contribution in [0.1, 0.15) is 55.2 Å². The molecule has 2 nitrogen and oxygen atoms in total. The van der Waals surface area contributed by atoms with Crippen molar-refractivity contribution in [1.29, 1.82) is 0 Å². The van der Waals surface area contributed by atoms with Crippen molar-refractivity contribution in [3.63, 3.8) is 0 Å². The Balaban J connectivity index is 1.21. The normalized spacial score (nSPS) is 14.9. The molecule has 1 aliphatic heterocycles. The SMILES string of the molecule is C(=C(c1ccccc1)c1ccccc1)C1CCN(CCCCCCc2cccnc2)CC1. The van der Waals surface area contributed by atoms with E-state index in [-0.39, 0.29) is 0 Å². The predicted molar refractivity (Wildman–Crippen MR) is 136 cm³/mol. The molecular formula is C30H36N2. The lowest BCUT2D eigenvalue weighted by atomic mass is 9.89. The van der Waals surface area contributed by atoms with Gasteiger partial charge in [0.05, 0.1) is 0 Å². The van der Waals surface area contributed by atoms with Crippen LogP contribution in [0.2, 0.25) is 0 Å². The molecule has 2 heteroatoms. The standard InChI is InChI=1S/C30H36N2/c1(5-12-27-13-11-20-31-25-27)2-10-21-32-22-18-26(19-23-32)24-30(28-14-6-3-7-15-28)29-16-8-4-9-17-29/h3-4,6-9,11,13-17,20,24-26H,1-2,5,10,12,18-19,21-23H2. The van der Waals surface area contributed by atoms with Crippen molar-refractivity contribution in [1.82, 2.24) is 9.88 Å². The summed E-state index contributed by atoms with van der Waals surface area (Å²) in [6.07, 6.45) is 15.4. The number of unbranched alkanes of at least 4 members (excludes halogenated alkanes) is 3. The molecule has 4 rings (SSSR count). The molecule has 3 aromatic rings. The number of nitrogens with zero attached hydrogens (tertiary/aromatic N) is 2. The highest BCUT2D eigenvalue weighted by molar-refractivity contribution is 5.79. The van der Waals surface area contributed by atoms with Crippen molar-refractivity contribution >= 4 is 5.57 Å². The van der Waals surface area contributed by atoms with Crippen molar-refractivity contribution in [2.45, 2.75) is 44.9 Å². The third kappa shape index (κ3) is 6.90. The first-order valence-corrected chi connectivity index (χ1v) is 12.3. The molecule has 0 bridgehead atoms. The van der Waals surface area contributed by atoms with Gasteiger partial charge in [0.1, 0.15) is 0 Å². The smallest absolute Gasteiger partial charge is 0.0299 e. The Morgan fingerprint density at radius 3 is 2.06 bits per heavy atom. The fourth-order valence-electron chi connectivity index (χ4n) is 4.74. The summed E-state index contributed by atoms with van der Waals surface area (Å²) in [7, 11) is 0. The summed E-state index contributed by atoms with van der Waals surface area (Å²) in [6, 6.07) is 26.0. The maximum absolute atomic E-state index is 4.21. The minimum Gasteiger partial charge on any atom is -0.303 e. The molecule has 0 saturated carbocycles. The Kier molecular flexibility index (Phi) is 8.68. The summed E-state index contributed by atoms with van der Waals surface area (Å²) >= 11 is 0. The number of piperidine rings is 1. The number of hydrogen-bond donors (Lipinski definition) is 0. The predicted octanol–water partition coefficient (Wildman–Crippen LogP) is 7.03. The van der Waals surface area contributed by atoms with Crippen LogP contribution < -0.4 is 0 Å². The fraction of sp³-hybridized carbons (Fsp3) is 0.367. The van der Waals surface area contributed by atoms with Gasteiger partial charge in [0, 0.05) is 12.4 Å². The number of hydrogen-bond acceptors (Lipinski definition) is 2. The Labute approximate surface area is 194 Å². The van der Waals surface area contributed by atoms with Gasteiger partial charge in [-0.15, -0.1) is 0 Å². The van der Waals surface area contributed by atoms with E-state index in [1.807, 2.05) is 18.5 Å². The van der Waals surface area contributed by atoms with Crippen LogP contribution in [0.3, 0.4) is 0 Å². The van der Waals surface area contributed by atoms with Gasteiger partial charge in [-0.25, -0.2) is 0 Å². The summed E-state index contributed by atoms with van der Waals surface area (Å²) in [5, 5.41) is 0. The zero-order chi connectivity index (χ0) is 21.8. The fourth-order valence-corrected chi connectivity index (χ4v) is 4.74. The largest absolute Gasteiger partial charge is 0.303 e. The lowest BCUT2D eigenvalue weighted by Gasteiger charge is -2.31. The second-order valence-corrected chi connectivity index (χ2v) is 9.02. The third-order valence-electron chi connectivity index (χ3n) is 6.62. The van der Waals surface area contributed by atoms with Crippen molar-refractivity contribution in [2.75, 3.05) is 19.6 Å². The lowest BCUT2D eigenvalue weighted by molar-refractivity contribution is 0.199. The quantitative estimate of drug-likeness (QED) is 0.325. The highest BCUT2D eigenvalue weighted by Crippen LogP contribution is 2.28. The van der Waals surface area contributed by atoms with Gasteiger partial charge in [-0.2, -0.15) is 0 Å². The number of benzene rings is 2. The first kappa shape index (κ1) is 22.5. The number of likely N-dealkylation sites (tertiary alicyclic amines) is 1. The molecule has 0 atom stereocenters. The Morgan fingerprint density at radius 1 is 0.781 bits per heavy atom. The minimum atomic E-state index is 0.668. The van der Waals surface area contributed by atoms with Gasteiger partial charge in [0.2, 0.25) is 0 Å². The Hall–Kier alpha value is -2.71. The molecule has 0 N–H and O–H groups in total. The van der Waals surface area contributed by atoms with Crippen LogP contribution in [0.4, 0.5) is 0 Å². The third-order valence-corrected chi connectivity index (χ3v) is 6.62. The average molecular weight is 425 g/mol. The topological polar surface area (TPSA) is 16.1 Å². The van der Waals surface area contributed by atoms with E-state index in [9.17, 15) is 0 Å². The van der Waals surface area contributed by atoms with Crippen LogP contribution in [-0.2, 0) is 6.42 Å². The van der Waals surface area contributed by atoms with E-state index in [1.54, 1.807) is 0 Å². The van der Waals surface area contributed by atoms with Crippen LogP contribution in [0.5, 0.6) is 0 Å². The van der Waals surface area contributed by atoms with Crippen LogP contribution in [0.15, 0.2) is 91.3 Å². The number of aryl methyl sites for hydroxylation is 1. The molecule has 0 amide bonds. The van der Waals surface area contributed by atoms with Gasteiger partial charge < -0.3 is 4.90 Å².